The van der Waals surface area contributed by atoms with Gasteiger partial charge in [0.1, 0.15) is 12.2 Å². The zero-order valence-electron chi connectivity index (χ0n) is 12.0. The lowest BCUT2D eigenvalue weighted by atomic mass is 10.0. The molecular formula is C16H22O5. The van der Waals surface area contributed by atoms with Crippen LogP contribution in [0.25, 0.3) is 6.08 Å². The van der Waals surface area contributed by atoms with Crippen molar-refractivity contribution in [2.24, 2.45) is 0 Å². The van der Waals surface area contributed by atoms with E-state index in [2.05, 4.69) is 6.58 Å². The van der Waals surface area contributed by atoms with Gasteiger partial charge in [-0.2, -0.15) is 0 Å². The standard InChI is InChI=1S/C10H12O2.C6H10O3/c1-2-8-4-3-5-9(6-11)10(8)7-12;1(5-3-8-5)7-2-6-4-9-6/h2-5,11-12H,1,6-7H2;5-6H,1-4H2. The molecule has 0 saturated carbocycles. The van der Waals surface area contributed by atoms with E-state index >= 15 is 0 Å². The summed E-state index contributed by atoms with van der Waals surface area (Å²) in [5.41, 5.74) is 2.40. The van der Waals surface area contributed by atoms with Crippen LogP contribution in [0, 0.1) is 0 Å². The Morgan fingerprint density at radius 3 is 2.19 bits per heavy atom. The topological polar surface area (TPSA) is 74.8 Å². The van der Waals surface area contributed by atoms with E-state index in [1.807, 2.05) is 12.1 Å². The predicted octanol–water partition coefficient (Wildman–Crippen LogP) is 1.11. The van der Waals surface area contributed by atoms with Crippen LogP contribution < -0.4 is 0 Å². The molecule has 0 amide bonds. The third-order valence-electron chi connectivity index (χ3n) is 3.27. The number of aliphatic hydroxyl groups excluding tert-OH is 2. The molecule has 5 nitrogen and oxygen atoms in total. The SMILES string of the molecule is C(OCC1CO1)C1CO1.C=Cc1cccc(CO)c1CO. The van der Waals surface area contributed by atoms with E-state index in [0.717, 1.165) is 43.1 Å². The first-order valence-electron chi connectivity index (χ1n) is 7.04. The molecule has 1 aromatic rings. The Balaban J connectivity index is 0.000000159. The molecule has 2 aliphatic rings. The lowest BCUT2D eigenvalue weighted by molar-refractivity contribution is 0.102. The quantitative estimate of drug-likeness (QED) is 0.737. The molecule has 2 unspecified atom stereocenters. The van der Waals surface area contributed by atoms with Gasteiger partial charge in [0.25, 0.3) is 0 Å². The normalized spacial score (nSPS) is 22.2. The number of benzene rings is 1. The van der Waals surface area contributed by atoms with Crippen molar-refractivity contribution in [3.05, 3.63) is 41.5 Å². The molecule has 2 atom stereocenters. The smallest absolute Gasteiger partial charge is 0.104 e. The zero-order valence-corrected chi connectivity index (χ0v) is 12.0. The van der Waals surface area contributed by atoms with E-state index < -0.39 is 0 Å². The van der Waals surface area contributed by atoms with E-state index in [9.17, 15) is 0 Å². The van der Waals surface area contributed by atoms with Gasteiger partial charge in [-0.25, -0.2) is 0 Å². The molecule has 2 aliphatic heterocycles. The minimum absolute atomic E-state index is 0.0441. The summed E-state index contributed by atoms with van der Waals surface area (Å²) in [6.07, 6.45) is 2.46. The lowest BCUT2D eigenvalue weighted by Crippen LogP contribution is -2.06. The van der Waals surface area contributed by atoms with Gasteiger partial charge in [0.2, 0.25) is 0 Å². The van der Waals surface area contributed by atoms with Crippen molar-refractivity contribution in [1.29, 1.82) is 0 Å². The minimum Gasteiger partial charge on any atom is -0.392 e. The van der Waals surface area contributed by atoms with Gasteiger partial charge in [0.05, 0.1) is 39.6 Å². The molecule has 2 heterocycles. The van der Waals surface area contributed by atoms with Crippen LogP contribution in [-0.2, 0) is 27.4 Å². The van der Waals surface area contributed by atoms with Crippen LogP contribution in [0.15, 0.2) is 24.8 Å². The van der Waals surface area contributed by atoms with Gasteiger partial charge in [0, 0.05) is 0 Å². The van der Waals surface area contributed by atoms with Crippen LogP contribution in [0.2, 0.25) is 0 Å². The van der Waals surface area contributed by atoms with Crippen molar-refractivity contribution < 1.29 is 24.4 Å². The van der Waals surface area contributed by atoms with Gasteiger partial charge >= 0.3 is 0 Å². The summed E-state index contributed by atoms with van der Waals surface area (Å²) < 4.78 is 15.1. The highest BCUT2D eigenvalue weighted by atomic mass is 16.6. The number of rotatable bonds is 7. The van der Waals surface area contributed by atoms with E-state index in [0.29, 0.717) is 12.2 Å². The van der Waals surface area contributed by atoms with E-state index in [1.165, 1.54) is 0 Å². The molecule has 0 aromatic heterocycles. The third-order valence-corrected chi connectivity index (χ3v) is 3.27. The number of epoxide rings is 2. The highest BCUT2D eigenvalue weighted by molar-refractivity contribution is 5.54. The van der Waals surface area contributed by atoms with Crippen LogP contribution >= 0.6 is 0 Å². The summed E-state index contributed by atoms with van der Waals surface area (Å²) >= 11 is 0. The summed E-state index contributed by atoms with van der Waals surface area (Å²) in [7, 11) is 0. The first-order valence-corrected chi connectivity index (χ1v) is 7.04. The maximum atomic E-state index is 9.00. The van der Waals surface area contributed by atoms with Crippen molar-refractivity contribution in [3.63, 3.8) is 0 Å². The number of hydrogen-bond donors (Lipinski definition) is 2. The Labute approximate surface area is 124 Å². The van der Waals surface area contributed by atoms with Crippen LogP contribution in [0.3, 0.4) is 0 Å². The molecule has 2 saturated heterocycles. The van der Waals surface area contributed by atoms with Crippen molar-refractivity contribution >= 4 is 6.08 Å². The zero-order chi connectivity index (χ0) is 15.1. The molecule has 0 aliphatic carbocycles. The highest BCUT2D eigenvalue weighted by Gasteiger charge is 2.26. The van der Waals surface area contributed by atoms with Crippen LogP contribution in [-0.4, -0.2) is 48.8 Å². The van der Waals surface area contributed by atoms with Gasteiger partial charge in [-0.1, -0.05) is 30.9 Å². The molecule has 21 heavy (non-hydrogen) atoms. The largest absolute Gasteiger partial charge is 0.392 e. The molecule has 116 valence electrons. The predicted molar refractivity (Wildman–Crippen MR) is 78.7 cm³/mol. The van der Waals surface area contributed by atoms with Gasteiger partial charge in [0.15, 0.2) is 0 Å². The molecule has 1 aromatic carbocycles. The fraction of sp³-hybridized carbons (Fsp3) is 0.500. The summed E-state index contributed by atoms with van der Waals surface area (Å²) in [6, 6.07) is 5.48. The van der Waals surface area contributed by atoms with E-state index in [1.54, 1.807) is 12.1 Å². The first-order chi connectivity index (χ1) is 10.3. The summed E-state index contributed by atoms with van der Waals surface area (Å²) in [5.74, 6) is 0. The van der Waals surface area contributed by atoms with Crippen LogP contribution in [0.5, 0.6) is 0 Å². The Hall–Kier alpha value is -1.24. The van der Waals surface area contributed by atoms with Crippen LogP contribution in [0.1, 0.15) is 16.7 Å². The Morgan fingerprint density at radius 1 is 1.14 bits per heavy atom. The molecular weight excluding hydrogens is 272 g/mol. The molecule has 3 rings (SSSR count). The lowest BCUT2D eigenvalue weighted by Gasteiger charge is -2.07. The molecule has 2 N–H and O–H groups in total. The first kappa shape index (κ1) is 16.1. The molecule has 5 heteroatoms. The van der Waals surface area contributed by atoms with Crippen LogP contribution in [0.4, 0.5) is 0 Å². The third kappa shape index (κ3) is 5.57. The number of ether oxygens (including phenoxy) is 3. The second kappa shape index (κ2) is 8.26. The van der Waals surface area contributed by atoms with Crippen molar-refractivity contribution in [3.8, 4) is 0 Å². The maximum Gasteiger partial charge on any atom is 0.104 e. The summed E-state index contributed by atoms with van der Waals surface area (Å²) in [6.45, 7) is 6.78. The second-order valence-electron chi connectivity index (χ2n) is 4.95. The van der Waals surface area contributed by atoms with Crippen molar-refractivity contribution in [2.45, 2.75) is 25.4 Å². The van der Waals surface area contributed by atoms with Gasteiger partial charge in [-0.3, -0.25) is 0 Å². The minimum atomic E-state index is -0.0575. The Kier molecular flexibility index (Phi) is 6.35. The summed E-state index contributed by atoms with van der Waals surface area (Å²) in [5, 5.41) is 17.9. The van der Waals surface area contributed by atoms with Crippen molar-refractivity contribution in [2.75, 3.05) is 26.4 Å². The van der Waals surface area contributed by atoms with Gasteiger partial charge in [-0.05, 0) is 16.7 Å². The molecule has 0 radical (unpaired) electrons. The monoisotopic (exact) mass is 294 g/mol. The average Bonchev–Trinajstić information content (AvgIpc) is 3.41. The average molecular weight is 294 g/mol. The van der Waals surface area contributed by atoms with Gasteiger partial charge in [-0.15, -0.1) is 0 Å². The fourth-order valence-corrected chi connectivity index (χ4v) is 1.85. The van der Waals surface area contributed by atoms with Crippen molar-refractivity contribution in [1.82, 2.24) is 0 Å². The number of aliphatic hydroxyl groups is 2. The molecule has 0 bridgehead atoms. The fourth-order valence-electron chi connectivity index (χ4n) is 1.85. The molecule has 0 spiro atoms. The number of hydrogen-bond acceptors (Lipinski definition) is 5. The molecule has 2 fully saturated rings. The second-order valence-corrected chi connectivity index (χ2v) is 4.95. The summed E-state index contributed by atoms with van der Waals surface area (Å²) in [4.78, 5) is 0. The van der Waals surface area contributed by atoms with E-state index in [4.69, 9.17) is 24.4 Å². The Morgan fingerprint density at radius 2 is 1.76 bits per heavy atom. The maximum absolute atomic E-state index is 9.00. The van der Waals surface area contributed by atoms with E-state index in [-0.39, 0.29) is 13.2 Å². The van der Waals surface area contributed by atoms with Gasteiger partial charge < -0.3 is 24.4 Å². The highest BCUT2D eigenvalue weighted by Crippen LogP contribution is 2.16. The Bertz CT molecular complexity index is 440.